The topological polar surface area (TPSA) is 73.0 Å². The highest BCUT2D eigenvalue weighted by atomic mass is 19.1. The summed E-state index contributed by atoms with van der Waals surface area (Å²) < 4.78 is 42.4. The van der Waals surface area contributed by atoms with E-state index in [0.717, 1.165) is 17.1 Å². The summed E-state index contributed by atoms with van der Waals surface area (Å²) in [6.45, 7) is 0.988. The quantitative estimate of drug-likeness (QED) is 0.260. The van der Waals surface area contributed by atoms with Crippen LogP contribution in [0.5, 0.6) is 5.88 Å². The summed E-state index contributed by atoms with van der Waals surface area (Å²) >= 11 is 0. The summed E-state index contributed by atoms with van der Waals surface area (Å²) in [5.74, 6) is 0.0713. The van der Waals surface area contributed by atoms with Crippen molar-refractivity contribution in [2.45, 2.75) is 19.6 Å². The monoisotopic (exact) mass is 520 g/mol. The number of aromatic nitrogens is 3. The maximum atomic E-state index is 15.3. The van der Waals surface area contributed by atoms with Crippen LogP contribution in [0.25, 0.3) is 22.3 Å². The average Bonchev–Trinajstić information content (AvgIpc) is 3.28. The molecule has 0 amide bonds. The molecule has 192 valence electrons. The Labute approximate surface area is 225 Å². The van der Waals surface area contributed by atoms with E-state index in [1.807, 2.05) is 22.8 Å². The highest BCUT2D eigenvalue weighted by Crippen LogP contribution is 2.25. The van der Waals surface area contributed by atoms with Gasteiger partial charge in [0.25, 0.3) is 0 Å². The van der Waals surface area contributed by atoms with E-state index in [9.17, 15) is 4.39 Å². The summed E-state index contributed by atoms with van der Waals surface area (Å²) in [6.07, 6.45) is 0.289. The van der Waals surface area contributed by atoms with Gasteiger partial charge in [-0.1, -0.05) is 35.8 Å². The molecule has 5 rings (SSSR count). The zero-order valence-corrected chi connectivity index (χ0v) is 21.2. The summed E-state index contributed by atoms with van der Waals surface area (Å²) in [5.41, 5.74) is 4.41. The van der Waals surface area contributed by atoms with E-state index >= 15 is 4.39 Å². The van der Waals surface area contributed by atoms with Crippen molar-refractivity contribution in [1.82, 2.24) is 14.5 Å². The molecule has 0 aliphatic heterocycles. The van der Waals surface area contributed by atoms with Gasteiger partial charge in [-0.15, -0.1) is 0 Å². The zero-order chi connectivity index (χ0) is 27.4. The number of halogens is 2. The second kappa shape index (κ2) is 11.5. The van der Waals surface area contributed by atoms with Gasteiger partial charge in [-0.2, -0.15) is 5.26 Å². The first-order valence-corrected chi connectivity index (χ1v) is 12.3. The van der Waals surface area contributed by atoms with Gasteiger partial charge < -0.3 is 14.0 Å². The fourth-order valence-electron chi connectivity index (χ4n) is 4.32. The molecule has 9 heteroatoms. The van der Waals surface area contributed by atoms with Gasteiger partial charge in [0.2, 0.25) is 5.88 Å². The lowest BCUT2D eigenvalue weighted by atomic mass is 9.96. The third-order valence-corrected chi connectivity index (χ3v) is 6.35. The molecule has 0 saturated carbocycles. The van der Waals surface area contributed by atoms with Crippen LogP contribution < -0.4 is 10.2 Å². The Morgan fingerprint density at radius 2 is 1.77 bits per heavy atom. The highest BCUT2D eigenvalue weighted by Gasteiger charge is 2.15. The first kappa shape index (κ1) is 26.1. The van der Waals surface area contributed by atoms with Gasteiger partial charge in [0.05, 0.1) is 35.0 Å². The molecule has 0 N–H and O–H groups in total. The molecule has 6 nitrogen and oxygen atoms in total. The van der Waals surface area contributed by atoms with Crippen molar-refractivity contribution in [3.63, 3.8) is 0 Å². The van der Waals surface area contributed by atoms with Crippen LogP contribution in [-0.2, 0) is 24.3 Å². The van der Waals surface area contributed by atoms with Crippen molar-refractivity contribution in [3.05, 3.63) is 107 Å². The molecule has 2 aromatic heterocycles. The molecule has 3 aromatic carbocycles. The Hall–Kier alpha value is -4.55. The minimum atomic E-state index is -0.526. The molecule has 0 aliphatic carbocycles. The minimum Gasteiger partial charge on any atom is -0.473 e. The van der Waals surface area contributed by atoms with E-state index in [2.05, 4.69) is 4.98 Å². The Morgan fingerprint density at radius 3 is 2.54 bits per heavy atom. The molecule has 2 radical (unpaired) electrons. The van der Waals surface area contributed by atoms with Crippen LogP contribution in [0.3, 0.4) is 0 Å². The van der Waals surface area contributed by atoms with Crippen LogP contribution >= 0.6 is 0 Å². The molecule has 0 saturated heterocycles. The SMILES string of the molecule is [B]c1ccc2nc(Cc3ccc(-c4cccc(OCc5ccc(C#N)cc5F)n4)cc3F)n(CCOC)c2c1. The van der Waals surface area contributed by atoms with Crippen LogP contribution in [0.15, 0.2) is 72.8 Å². The lowest BCUT2D eigenvalue weighted by Crippen LogP contribution is -2.10. The third kappa shape index (κ3) is 5.81. The Morgan fingerprint density at radius 1 is 0.949 bits per heavy atom. The van der Waals surface area contributed by atoms with Gasteiger partial charge >= 0.3 is 0 Å². The molecule has 0 atom stereocenters. The number of nitrogens with zero attached hydrogens (tertiary/aromatic N) is 4. The van der Waals surface area contributed by atoms with Crippen molar-refractivity contribution in [1.29, 1.82) is 5.26 Å². The van der Waals surface area contributed by atoms with E-state index in [4.69, 9.17) is 27.6 Å². The standard InChI is InChI=1S/C30H23BF2N4O2/c1-38-12-11-37-28-16-23(31)9-10-27(28)35-29(37)15-20-7-8-21(14-25(20)33)26-3-2-4-30(36-26)39-18-22-6-5-19(17-34)13-24(22)32/h2-10,13-14,16H,11-12,15,18H2,1H3. The van der Waals surface area contributed by atoms with Crippen molar-refractivity contribution >= 4 is 24.3 Å². The Balaban J connectivity index is 1.35. The second-order valence-corrected chi connectivity index (χ2v) is 8.97. The number of pyridine rings is 1. The van der Waals surface area contributed by atoms with Crippen molar-refractivity contribution < 1.29 is 18.3 Å². The van der Waals surface area contributed by atoms with Gasteiger partial charge in [-0.25, -0.2) is 18.7 Å². The number of nitriles is 1. The van der Waals surface area contributed by atoms with Gasteiger partial charge in [-0.3, -0.25) is 0 Å². The van der Waals surface area contributed by atoms with E-state index in [0.29, 0.717) is 46.8 Å². The number of hydrogen-bond acceptors (Lipinski definition) is 5. The lowest BCUT2D eigenvalue weighted by molar-refractivity contribution is 0.187. The number of benzene rings is 3. The fraction of sp³-hybridized carbons (Fsp3) is 0.167. The molecule has 0 unspecified atom stereocenters. The smallest absolute Gasteiger partial charge is 0.214 e. The Kier molecular flexibility index (Phi) is 7.66. The van der Waals surface area contributed by atoms with Gasteiger partial charge in [-0.05, 0) is 42.0 Å². The van der Waals surface area contributed by atoms with E-state index in [-0.39, 0.29) is 30.3 Å². The van der Waals surface area contributed by atoms with Crippen LogP contribution in [-0.4, -0.2) is 36.1 Å². The number of imidazole rings is 1. The maximum Gasteiger partial charge on any atom is 0.214 e. The largest absolute Gasteiger partial charge is 0.473 e. The summed E-state index contributed by atoms with van der Waals surface area (Å²) in [5, 5.41) is 8.89. The zero-order valence-electron chi connectivity index (χ0n) is 21.2. The van der Waals surface area contributed by atoms with E-state index < -0.39 is 5.82 Å². The normalized spacial score (nSPS) is 11.0. The average molecular weight is 520 g/mol. The molecule has 0 bridgehead atoms. The van der Waals surface area contributed by atoms with Crippen LogP contribution in [0.1, 0.15) is 22.5 Å². The number of fused-ring (bicyclic) bond motifs is 1. The van der Waals surface area contributed by atoms with E-state index in [1.54, 1.807) is 43.5 Å². The molecule has 0 fully saturated rings. The lowest BCUT2D eigenvalue weighted by Gasteiger charge is -2.11. The predicted molar refractivity (Wildman–Crippen MR) is 145 cm³/mol. The van der Waals surface area contributed by atoms with Crippen LogP contribution in [0.4, 0.5) is 8.78 Å². The van der Waals surface area contributed by atoms with Crippen LogP contribution in [0, 0.1) is 23.0 Å². The second-order valence-electron chi connectivity index (χ2n) is 8.97. The van der Waals surface area contributed by atoms with Gasteiger partial charge in [0.1, 0.15) is 31.9 Å². The van der Waals surface area contributed by atoms with Crippen molar-refractivity contribution in [3.8, 4) is 23.2 Å². The molecular formula is C30H23BF2N4O2. The molecule has 0 aliphatic rings. The number of methoxy groups -OCH3 is 1. The summed E-state index contributed by atoms with van der Waals surface area (Å²) in [7, 11) is 7.61. The molecular weight excluding hydrogens is 497 g/mol. The Bertz CT molecular complexity index is 1700. The number of ether oxygens (including phenoxy) is 2. The number of rotatable bonds is 9. The molecule has 0 spiro atoms. The fourth-order valence-corrected chi connectivity index (χ4v) is 4.32. The predicted octanol–water partition coefficient (Wildman–Crippen LogP) is 4.86. The van der Waals surface area contributed by atoms with Crippen LogP contribution in [0.2, 0.25) is 0 Å². The number of hydrogen-bond donors (Lipinski definition) is 0. The van der Waals surface area contributed by atoms with E-state index in [1.165, 1.54) is 18.2 Å². The first-order chi connectivity index (χ1) is 18.9. The van der Waals surface area contributed by atoms with Crippen molar-refractivity contribution in [2.75, 3.05) is 13.7 Å². The molecule has 39 heavy (non-hydrogen) atoms. The minimum absolute atomic E-state index is 0.0585. The highest BCUT2D eigenvalue weighted by molar-refractivity contribution is 6.33. The maximum absolute atomic E-state index is 15.3. The third-order valence-electron chi connectivity index (χ3n) is 6.35. The molecule has 5 aromatic rings. The van der Waals surface area contributed by atoms with Gasteiger partial charge in [0.15, 0.2) is 0 Å². The first-order valence-electron chi connectivity index (χ1n) is 12.3. The summed E-state index contributed by atoms with van der Waals surface area (Å²) in [6, 6.07) is 21.7. The van der Waals surface area contributed by atoms with Gasteiger partial charge in [0, 0.05) is 37.3 Å². The summed E-state index contributed by atoms with van der Waals surface area (Å²) in [4.78, 5) is 9.17. The van der Waals surface area contributed by atoms with Crippen molar-refractivity contribution in [2.24, 2.45) is 0 Å². The molecule has 2 heterocycles.